The summed E-state index contributed by atoms with van der Waals surface area (Å²) >= 11 is 0. The smallest absolute Gasteiger partial charge is 0.394 e. The van der Waals surface area contributed by atoms with Crippen LogP contribution in [0.15, 0.2) is 54.9 Å². The van der Waals surface area contributed by atoms with Crippen LogP contribution in [0.4, 0.5) is 26.7 Å². The van der Waals surface area contributed by atoms with Crippen LogP contribution >= 0.6 is 0 Å². The molecule has 1 fully saturated rings. The monoisotopic (exact) mass is 591 g/mol. The van der Waals surface area contributed by atoms with Gasteiger partial charge in [-0.25, -0.2) is 13.6 Å². The number of urea groups is 1. The highest BCUT2D eigenvalue weighted by atomic mass is 19.4. The molecule has 1 saturated heterocycles. The quantitative estimate of drug-likeness (QED) is 0.306. The second-order valence-corrected chi connectivity index (χ2v) is 10.3. The lowest BCUT2D eigenvalue weighted by molar-refractivity contribution is -0.187. The molecule has 3 aromatic rings. The molecule has 222 valence electrons. The number of rotatable bonds is 8. The summed E-state index contributed by atoms with van der Waals surface area (Å²) in [6, 6.07) is 5.83. The van der Waals surface area contributed by atoms with Crippen LogP contribution in [0, 0.1) is 5.82 Å². The maximum atomic E-state index is 15.4. The molecule has 2 aromatic carbocycles. The van der Waals surface area contributed by atoms with Crippen molar-refractivity contribution in [2.24, 2.45) is 0 Å². The number of fused-ring (bicyclic) bond motifs is 2. The fourth-order valence-corrected chi connectivity index (χ4v) is 5.34. The molecule has 42 heavy (non-hydrogen) atoms. The largest absolute Gasteiger partial charge is 0.408 e. The topological polar surface area (TPSA) is 108 Å². The molecule has 1 aliphatic heterocycles. The van der Waals surface area contributed by atoms with E-state index in [-0.39, 0.29) is 29.8 Å². The lowest BCUT2D eigenvalue weighted by Crippen LogP contribution is -2.51. The Balaban J connectivity index is 1.40. The molecular formula is C28H26F5N5O4. The Morgan fingerprint density at radius 2 is 1.90 bits per heavy atom. The van der Waals surface area contributed by atoms with Gasteiger partial charge < -0.3 is 15.3 Å². The molecule has 0 saturated carbocycles. The zero-order chi connectivity index (χ0) is 30.4. The summed E-state index contributed by atoms with van der Waals surface area (Å²) in [5, 5.41) is 15.7. The molecule has 2 heterocycles. The molecule has 14 heteroatoms. The maximum Gasteiger partial charge on any atom is 0.408 e. The molecule has 1 aliphatic carbocycles. The first-order valence-electron chi connectivity index (χ1n) is 13.0. The SMILES string of the molecule is C[C@@H](N(Cc1ccc(F)cc1)C(=O)CN1C(=O)N[C@@]2(C[C@H](F)c3cc(-c4cnn(CCO)c4)ccc32)C1=O)C(F)(F)F. The van der Waals surface area contributed by atoms with E-state index in [1.165, 1.54) is 35.1 Å². The molecule has 4 amide bonds. The standard InChI is InChI=1S/C28H26F5N5O4/c1-16(28(31,32)33)37(13-17-2-5-20(29)6-3-17)24(40)15-38-25(41)27(35-26(38)42)11-23(30)21-10-18(4-7-22(21)27)19-12-34-36(14-19)8-9-39/h2-7,10,12,14,16,23,39H,8-9,11,13,15H2,1H3,(H,35,42)/t16-,23+,27-/m1/s1. The van der Waals surface area contributed by atoms with Crippen molar-refractivity contribution >= 4 is 17.8 Å². The summed E-state index contributed by atoms with van der Waals surface area (Å²) in [4.78, 5) is 40.7. The molecular weight excluding hydrogens is 565 g/mol. The van der Waals surface area contributed by atoms with Crippen molar-refractivity contribution in [1.82, 2.24) is 24.9 Å². The molecule has 0 radical (unpaired) electrons. The van der Waals surface area contributed by atoms with E-state index in [1.807, 2.05) is 0 Å². The van der Waals surface area contributed by atoms with E-state index in [2.05, 4.69) is 10.4 Å². The van der Waals surface area contributed by atoms with Gasteiger partial charge in [0.15, 0.2) is 0 Å². The van der Waals surface area contributed by atoms with E-state index in [1.54, 1.807) is 12.3 Å². The van der Waals surface area contributed by atoms with Crippen LogP contribution in [-0.4, -0.2) is 67.9 Å². The van der Waals surface area contributed by atoms with Gasteiger partial charge in [-0.2, -0.15) is 18.3 Å². The summed E-state index contributed by atoms with van der Waals surface area (Å²) in [5.74, 6) is -2.74. The first kappa shape index (κ1) is 29.2. The molecule has 3 atom stereocenters. The van der Waals surface area contributed by atoms with E-state index in [9.17, 15) is 31.9 Å². The first-order valence-corrected chi connectivity index (χ1v) is 13.0. The summed E-state index contributed by atoms with van der Waals surface area (Å²) in [5.41, 5.74) is -0.0810. The van der Waals surface area contributed by atoms with Gasteiger partial charge in [0.25, 0.3) is 5.91 Å². The number of carbonyl (C=O) groups is 3. The number of aliphatic hydroxyl groups excluding tert-OH is 1. The minimum Gasteiger partial charge on any atom is -0.394 e. The highest BCUT2D eigenvalue weighted by Gasteiger charge is 2.59. The third-order valence-electron chi connectivity index (χ3n) is 7.63. The predicted molar refractivity (Wildman–Crippen MR) is 138 cm³/mol. The van der Waals surface area contributed by atoms with Crippen LogP contribution in [0.2, 0.25) is 0 Å². The number of alkyl halides is 4. The van der Waals surface area contributed by atoms with Gasteiger partial charge in [0, 0.05) is 24.7 Å². The zero-order valence-corrected chi connectivity index (χ0v) is 22.2. The average Bonchev–Trinajstić information content (AvgIpc) is 3.59. The third kappa shape index (κ3) is 5.22. The Morgan fingerprint density at radius 3 is 2.57 bits per heavy atom. The average molecular weight is 592 g/mol. The van der Waals surface area contributed by atoms with Gasteiger partial charge in [0.2, 0.25) is 5.91 Å². The van der Waals surface area contributed by atoms with Crippen LogP contribution in [0.25, 0.3) is 11.1 Å². The van der Waals surface area contributed by atoms with Crippen LogP contribution in [-0.2, 0) is 28.2 Å². The lowest BCUT2D eigenvalue weighted by atomic mass is 9.90. The Kier molecular flexibility index (Phi) is 7.51. The normalized spacial score (nSPS) is 20.6. The molecule has 5 rings (SSSR count). The van der Waals surface area contributed by atoms with E-state index < -0.39 is 67.1 Å². The molecule has 2 aliphatic rings. The summed E-state index contributed by atoms with van der Waals surface area (Å²) < 4.78 is 71.2. The third-order valence-corrected chi connectivity index (χ3v) is 7.63. The van der Waals surface area contributed by atoms with Crippen molar-refractivity contribution in [2.75, 3.05) is 13.2 Å². The van der Waals surface area contributed by atoms with Crippen LogP contribution in [0.5, 0.6) is 0 Å². The van der Waals surface area contributed by atoms with Gasteiger partial charge in [0.05, 0.1) is 19.3 Å². The molecule has 1 spiro atoms. The zero-order valence-electron chi connectivity index (χ0n) is 22.2. The number of nitrogens with one attached hydrogen (secondary N) is 1. The van der Waals surface area contributed by atoms with Crippen molar-refractivity contribution in [3.05, 3.63) is 77.4 Å². The fraction of sp³-hybridized carbons (Fsp3) is 0.357. The van der Waals surface area contributed by atoms with Gasteiger partial charge >= 0.3 is 12.2 Å². The van der Waals surface area contributed by atoms with E-state index in [0.717, 1.165) is 19.1 Å². The number of hydrogen-bond donors (Lipinski definition) is 2. The van der Waals surface area contributed by atoms with Gasteiger partial charge in [-0.15, -0.1) is 0 Å². The first-order chi connectivity index (χ1) is 19.8. The van der Waals surface area contributed by atoms with Crippen molar-refractivity contribution in [2.45, 2.75) is 50.4 Å². The maximum absolute atomic E-state index is 15.4. The summed E-state index contributed by atoms with van der Waals surface area (Å²) in [6.45, 7) is -0.664. The molecule has 2 N–H and O–H groups in total. The van der Waals surface area contributed by atoms with Crippen molar-refractivity contribution in [1.29, 1.82) is 0 Å². The molecule has 0 unspecified atom stereocenters. The van der Waals surface area contributed by atoms with Crippen molar-refractivity contribution in [3.8, 4) is 11.1 Å². The Hall–Kier alpha value is -4.33. The van der Waals surface area contributed by atoms with Crippen molar-refractivity contribution < 1.29 is 41.4 Å². The number of nitrogens with zero attached hydrogens (tertiary/aromatic N) is 4. The molecule has 9 nitrogen and oxygen atoms in total. The minimum absolute atomic E-state index is 0.125. The number of amides is 4. The molecule has 1 aromatic heterocycles. The van der Waals surface area contributed by atoms with Crippen LogP contribution in [0.1, 0.15) is 36.2 Å². The Labute approximate surface area is 236 Å². The Bertz CT molecular complexity index is 1530. The summed E-state index contributed by atoms with van der Waals surface area (Å²) in [6.07, 6.45) is -3.75. The minimum atomic E-state index is -4.83. The molecule has 0 bridgehead atoms. The van der Waals surface area contributed by atoms with E-state index in [0.29, 0.717) is 20.9 Å². The predicted octanol–water partition coefficient (Wildman–Crippen LogP) is 3.82. The van der Waals surface area contributed by atoms with Gasteiger partial charge in [0.1, 0.15) is 30.1 Å². The number of hydrogen-bond acceptors (Lipinski definition) is 5. The number of aromatic nitrogens is 2. The van der Waals surface area contributed by atoms with Crippen LogP contribution in [0.3, 0.4) is 0 Å². The van der Waals surface area contributed by atoms with Gasteiger partial charge in [-0.3, -0.25) is 19.2 Å². The number of aliphatic hydroxyl groups is 1. The lowest BCUT2D eigenvalue weighted by Gasteiger charge is -2.32. The van der Waals surface area contributed by atoms with E-state index >= 15 is 4.39 Å². The second kappa shape index (κ2) is 10.8. The van der Waals surface area contributed by atoms with E-state index in [4.69, 9.17) is 5.11 Å². The number of halogens is 5. The van der Waals surface area contributed by atoms with Crippen molar-refractivity contribution in [3.63, 3.8) is 0 Å². The highest BCUT2D eigenvalue weighted by Crippen LogP contribution is 2.49. The number of imide groups is 1. The second-order valence-electron chi connectivity index (χ2n) is 10.3. The van der Waals surface area contributed by atoms with Gasteiger partial charge in [-0.1, -0.05) is 24.3 Å². The fourth-order valence-electron chi connectivity index (χ4n) is 5.34. The number of carbonyl (C=O) groups excluding carboxylic acids is 3. The highest BCUT2D eigenvalue weighted by molar-refractivity contribution is 6.10. The number of benzene rings is 2. The summed E-state index contributed by atoms with van der Waals surface area (Å²) in [7, 11) is 0. The Morgan fingerprint density at radius 1 is 1.19 bits per heavy atom. The van der Waals surface area contributed by atoms with Gasteiger partial charge in [-0.05, 0) is 47.4 Å². The van der Waals surface area contributed by atoms with Crippen LogP contribution < -0.4 is 5.32 Å².